The van der Waals surface area contributed by atoms with Gasteiger partial charge in [0, 0.05) is 6.54 Å². The summed E-state index contributed by atoms with van der Waals surface area (Å²) in [6.07, 6.45) is 0. The Balaban J connectivity index is 2.87. The maximum Gasteiger partial charge on any atom is 0.140 e. The predicted octanol–water partition coefficient (Wildman–Crippen LogP) is 3.19. The lowest BCUT2D eigenvalue weighted by molar-refractivity contribution is 0.535. The Hall–Kier alpha value is -0.610. The molecule has 1 aromatic carbocycles. The fraction of sp³-hybridized carbons (Fsp3) is 0.455. The Bertz CT molecular complexity index is 305. The molecule has 15 heavy (non-hydrogen) atoms. The van der Waals surface area contributed by atoms with Crippen LogP contribution in [0.4, 0.5) is 8.78 Å². The van der Waals surface area contributed by atoms with E-state index in [0.29, 0.717) is 17.9 Å². The molecule has 1 N–H and O–H groups in total. The summed E-state index contributed by atoms with van der Waals surface area (Å²) in [5.41, 5.74) is 0.646. The minimum absolute atomic E-state index is 0.123. The highest BCUT2D eigenvalue weighted by atomic mass is 32.2. The van der Waals surface area contributed by atoms with Gasteiger partial charge in [0.15, 0.2) is 0 Å². The van der Waals surface area contributed by atoms with Gasteiger partial charge in [0.25, 0.3) is 0 Å². The topological polar surface area (TPSA) is 12.0 Å². The maximum atomic E-state index is 13.4. The number of hydrogen-bond acceptors (Lipinski definition) is 2. The van der Waals surface area contributed by atoms with E-state index >= 15 is 0 Å². The highest BCUT2D eigenvalue weighted by molar-refractivity contribution is 7.99. The van der Waals surface area contributed by atoms with E-state index in [4.69, 9.17) is 0 Å². The van der Waals surface area contributed by atoms with Crippen molar-refractivity contribution in [1.82, 2.24) is 5.32 Å². The molecular formula is C11H15F2NS. The molecule has 0 bridgehead atoms. The van der Waals surface area contributed by atoms with Crippen molar-refractivity contribution in [2.45, 2.75) is 25.3 Å². The molecule has 1 aromatic rings. The molecule has 0 aromatic heterocycles. The van der Waals surface area contributed by atoms with E-state index in [1.54, 1.807) is 0 Å². The van der Waals surface area contributed by atoms with Gasteiger partial charge >= 0.3 is 0 Å². The maximum absolute atomic E-state index is 13.4. The molecule has 1 nitrogen and oxygen atoms in total. The number of nitrogens with one attached hydrogen (secondary N) is 1. The summed E-state index contributed by atoms with van der Waals surface area (Å²) in [5.74, 6) is -0.259. The number of thioether (sulfide) groups is 1. The van der Waals surface area contributed by atoms with Gasteiger partial charge in [0.1, 0.15) is 11.6 Å². The molecule has 0 atom stereocenters. The first-order valence-electron chi connectivity index (χ1n) is 5.00. The van der Waals surface area contributed by atoms with Crippen LogP contribution < -0.4 is 5.32 Å². The van der Waals surface area contributed by atoms with E-state index in [0.717, 1.165) is 6.54 Å². The van der Waals surface area contributed by atoms with Crippen LogP contribution in [-0.4, -0.2) is 12.3 Å². The number of halogens is 2. The molecule has 0 aliphatic rings. The second-order valence-electron chi connectivity index (χ2n) is 3.10. The molecule has 0 fully saturated rings. The van der Waals surface area contributed by atoms with E-state index in [9.17, 15) is 8.78 Å². The molecule has 0 saturated heterocycles. The first kappa shape index (κ1) is 12.5. The van der Waals surface area contributed by atoms with Crippen LogP contribution >= 0.6 is 11.8 Å². The Labute approximate surface area is 93.3 Å². The van der Waals surface area contributed by atoms with Gasteiger partial charge in [-0.25, -0.2) is 8.78 Å². The van der Waals surface area contributed by atoms with Gasteiger partial charge in [-0.1, -0.05) is 13.8 Å². The zero-order valence-corrected chi connectivity index (χ0v) is 9.76. The van der Waals surface area contributed by atoms with Crippen molar-refractivity contribution in [3.05, 3.63) is 29.3 Å². The fourth-order valence-electron chi connectivity index (χ4n) is 1.27. The van der Waals surface area contributed by atoms with Gasteiger partial charge in [-0.2, -0.15) is 0 Å². The van der Waals surface area contributed by atoms with E-state index in [1.807, 2.05) is 13.8 Å². The predicted molar refractivity (Wildman–Crippen MR) is 60.1 cm³/mol. The minimum atomic E-state index is -0.463. The van der Waals surface area contributed by atoms with Crippen molar-refractivity contribution in [3.63, 3.8) is 0 Å². The lowest BCUT2D eigenvalue weighted by Gasteiger charge is -2.07. The summed E-state index contributed by atoms with van der Waals surface area (Å²) in [5, 5.41) is 3.03. The second-order valence-corrected chi connectivity index (χ2v) is 4.38. The van der Waals surface area contributed by atoms with Crippen LogP contribution in [0.15, 0.2) is 17.0 Å². The molecule has 0 unspecified atom stereocenters. The van der Waals surface area contributed by atoms with Gasteiger partial charge < -0.3 is 5.32 Å². The normalized spacial score (nSPS) is 10.7. The molecule has 0 aliphatic carbocycles. The standard InChI is InChI=1S/C11H15F2NS/c1-3-14-7-8-5-9(12)11(15-4-2)10(13)6-8/h5-6,14H,3-4,7H2,1-2H3. The molecule has 0 saturated carbocycles. The zero-order chi connectivity index (χ0) is 11.3. The highest BCUT2D eigenvalue weighted by Gasteiger charge is 2.10. The lowest BCUT2D eigenvalue weighted by atomic mass is 10.2. The Morgan fingerprint density at radius 1 is 1.20 bits per heavy atom. The lowest BCUT2D eigenvalue weighted by Crippen LogP contribution is -2.12. The highest BCUT2D eigenvalue weighted by Crippen LogP contribution is 2.26. The Kier molecular flexibility index (Phi) is 5.05. The molecule has 0 aliphatic heterocycles. The average molecular weight is 231 g/mol. The summed E-state index contributed by atoms with van der Waals surface area (Å²) in [4.78, 5) is 0.123. The first-order chi connectivity index (χ1) is 7.19. The number of rotatable bonds is 5. The van der Waals surface area contributed by atoms with Gasteiger partial charge in [-0.3, -0.25) is 0 Å². The van der Waals surface area contributed by atoms with Crippen LogP contribution in [0.25, 0.3) is 0 Å². The summed E-state index contributed by atoms with van der Waals surface area (Å²) >= 11 is 1.19. The van der Waals surface area contributed by atoms with Crippen molar-refractivity contribution in [1.29, 1.82) is 0 Å². The fourth-order valence-corrected chi connectivity index (χ4v) is 1.95. The zero-order valence-electron chi connectivity index (χ0n) is 8.94. The van der Waals surface area contributed by atoms with Crippen LogP contribution in [0.1, 0.15) is 19.4 Å². The molecule has 4 heteroatoms. The first-order valence-corrected chi connectivity index (χ1v) is 5.99. The van der Waals surface area contributed by atoms with E-state index in [1.165, 1.54) is 23.9 Å². The molecule has 1 rings (SSSR count). The monoisotopic (exact) mass is 231 g/mol. The van der Waals surface area contributed by atoms with Crippen LogP contribution in [0, 0.1) is 11.6 Å². The number of hydrogen-bond donors (Lipinski definition) is 1. The molecule has 84 valence electrons. The molecular weight excluding hydrogens is 216 g/mol. The van der Waals surface area contributed by atoms with Crippen molar-refractivity contribution in [2.75, 3.05) is 12.3 Å². The van der Waals surface area contributed by atoms with Crippen LogP contribution in [0.2, 0.25) is 0 Å². The third-order valence-electron chi connectivity index (χ3n) is 1.93. The summed E-state index contributed by atoms with van der Waals surface area (Å²) in [6, 6.07) is 2.79. The summed E-state index contributed by atoms with van der Waals surface area (Å²) < 4.78 is 26.9. The van der Waals surface area contributed by atoms with Crippen molar-refractivity contribution >= 4 is 11.8 Å². The minimum Gasteiger partial charge on any atom is -0.313 e. The van der Waals surface area contributed by atoms with Gasteiger partial charge in [-0.05, 0) is 30.0 Å². The van der Waals surface area contributed by atoms with Crippen molar-refractivity contribution in [2.24, 2.45) is 0 Å². The smallest absolute Gasteiger partial charge is 0.140 e. The van der Waals surface area contributed by atoms with Crippen LogP contribution in [0.3, 0.4) is 0 Å². The average Bonchev–Trinajstić information content (AvgIpc) is 2.20. The molecule has 0 amide bonds. The molecule has 0 heterocycles. The number of benzene rings is 1. The molecule has 0 spiro atoms. The van der Waals surface area contributed by atoms with Gasteiger partial charge in [-0.15, -0.1) is 11.8 Å². The van der Waals surface area contributed by atoms with Crippen molar-refractivity contribution < 1.29 is 8.78 Å². The Morgan fingerprint density at radius 3 is 2.27 bits per heavy atom. The molecule has 0 radical (unpaired) electrons. The van der Waals surface area contributed by atoms with E-state index in [2.05, 4.69) is 5.32 Å². The van der Waals surface area contributed by atoms with Crippen LogP contribution in [0.5, 0.6) is 0 Å². The Morgan fingerprint density at radius 2 is 1.80 bits per heavy atom. The van der Waals surface area contributed by atoms with Gasteiger partial charge in [0.05, 0.1) is 4.90 Å². The van der Waals surface area contributed by atoms with Gasteiger partial charge in [0.2, 0.25) is 0 Å². The third-order valence-corrected chi connectivity index (χ3v) is 2.89. The quantitative estimate of drug-likeness (QED) is 0.781. The third kappa shape index (κ3) is 3.47. The summed E-state index contributed by atoms with van der Waals surface area (Å²) in [6.45, 7) is 5.11. The van der Waals surface area contributed by atoms with Crippen molar-refractivity contribution in [3.8, 4) is 0 Å². The van der Waals surface area contributed by atoms with Crippen LogP contribution in [-0.2, 0) is 6.54 Å². The second kappa shape index (κ2) is 6.08. The largest absolute Gasteiger partial charge is 0.313 e. The van der Waals surface area contributed by atoms with E-state index in [-0.39, 0.29) is 4.90 Å². The van der Waals surface area contributed by atoms with E-state index < -0.39 is 11.6 Å². The summed E-state index contributed by atoms with van der Waals surface area (Å²) in [7, 11) is 0. The SMILES string of the molecule is CCNCc1cc(F)c(SCC)c(F)c1.